The second-order valence-electron chi connectivity index (χ2n) is 5.62. The van der Waals surface area contributed by atoms with Crippen LogP contribution in [-0.4, -0.2) is 12.5 Å². The molecule has 0 fully saturated rings. The van der Waals surface area contributed by atoms with Crippen LogP contribution in [-0.2, 0) is 18.3 Å². The zero-order valence-electron chi connectivity index (χ0n) is 13.6. The normalized spacial score (nSPS) is 12.8. The molecule has 0 heterocycles. The van der Waals surface area contributed by atoms with Gasteiger partial charge in [0.1, 0.15) is 0 Å². The summed E-state index contributed by atoms with van der Waals surface area (Å²) in [7, 11) is 0. The van der Waals surface area contributed by atoms with E-state index in [4.69, 9.17) is 0 Å². The van der Waals surface area contributed by atoms with Crippen LogP contribution in [0, 0.1) is 0 Å². The molecule has 2 nitrogen and oxygen atoms in total. The first kappa shape index (κ1) is 22.1. The van der Waals surface area contributed by atoms with Crippen molar-refractivity contribution < 1.29 is 39.9 Å². The highest BCUT2D eigenvalue weighted by molar-refractivity contribution is 9.10. The Balaban J connectivity index is 2.30. The topological polar surface area (TPSA) is 29.1 Å². The van der Waals surface area contributed by atoms with Crippen molar-refractivity contribution in [3.05, 3.63) is 69.2 Å². The Morgan fingerprint density at radius 2 is 1.39 bits per heavy atom. The van der Waals surface area contributed by atoms with Crippen molar-refractivity contribution in [3.63, 3.8) is 0 Å². The van der Waals surface area contributed by atoms with Crippen LogP contribution < -0.4 is 5.32 Å². The van der Waals surface area contributed by atoms with E-state index in [1.165, 1.54) is 0 Å². The van der Waals surface area contributed by atoms with Crippen LogP contribution in [0.3, 0.4) is 0 Å². The van der Waals surface area contributed by atoms with Gasteiger partial charge in [0.25, 0.3) is 11.8 Å². The molecule has 0 atom stereocenters. The molecule has 0 saturated carbocycles. The number of rotatable bonds is 4. The first-order chi connectivity index (χ1) is 12.7. The molecule has 0 unspecified atom stereocenters. The highest BCUT2D eigenvalue weighted by Crippen LogP contribution is 2.40. The third-order valence-electron chi connectivity index (χ3n) is 3.63. The van der Waals surface area contributed by atoms with E-state index >= 15 is 0 Å². The molecule has 0 spiro atoms. The Kier molecular flexibility index (Phi) is 6.07. The lowest BCUT2D eigenvalue weighted by Crippen LogP contribution is -2.37. The number of alkyl halides is 8. The van der Waals surface area contributed by atoms with Gasteiger partial charge in [-0.15, -0.1) is 0 Å². The highest BCUT2D eigenvalue weighted by Gasteiger charge is 2.43. The van der Waals surface area contributed by atoms with Crippen molar-refractivity contribution in [1.82, 2.24) is 5.32 Å². The second kappa shape index (κ2) is 7.69. The largest absolute Gasteiger partial charge is 0.417 e. The molecule has 0 aliphatic heterocycles. The maximum Gasteiger partial charge on any atom is 0.417 e. The highest BCUT2D eigenvalue weighted by atomic mass is 79.9. The predicted molar refractivity (Wildman–Crippen MR) is 86.8 cm³/mol. The smallest absolute Gasteiger partial charge is 0.346 e. The van der Waals surface area contributed by atoms with Crippen LogP contribution in [0.4, 0.5) is 35.1 Å². The van der Waals surface area contributed by atoms with Crippen molar-refractivity contribution in [2.45, 2.75) is 18.3 Å². The number of nitrogens with one attached hydrogen (secondary N) is 1. The minimum Gasteiger partial charge on any atom is -0.346 e. The summed E-state index contributed by atoms with van der Waals surface area (Å²) in [5, 5.41) is 1.58. The molecule has 2 aromatic rings. The molecule has 0 bridgehead atoms. The minimum atomic E-state index is -5.10. The molecular weight excluding hydrogens is 466 g/mol. The maximum atomic E-state index is 14.3. The summed E-state index contributed by atoms with van der Waals surface area (Å²) >= 11 is 2.75. The molecule has 0 aliphatic carbocycles. The fourth-order valence-corrected chi connectivity index (χ4v) is 2.74. The van der Waals surface area contributed by atoms with Gasteiger partial charge in [0, 0.05) is 10.0 Å². The molecular formula is C17H10BrF8NO. The lowest BCUT2D eigenvalue weighted by Gasteiger charge is -2.22. The van der Waals surface area contributed by atoms with Crippen LogP contribution in [0.1, 0.15) is 27.0 Å². The minimum absolute atomic E-state index is 0.0949. The fourth-order valence-electron chi connectivity index (χ4n) is 2.38. The van der Waals surface area contributed by atoms with E-state index in [9.17, 15) is 39.9 Å². The number of hydrogen-bond acceptors (Lipinski definition) is 1. The quantitative estimate of drug-likeness (QED) is 0.539. The molecule has 28 heavy (non-hydrogen) atoms. The van der Waals surface area contributed by atoms with Crippen molar-refractivity contribution in [1.29, 1.82) is 0 Å². The maximum absolute atomic E-state index is 14.3. The number of amides is 1. The van der Waals surface area contributed by atoms with E-state index in [1.807, 2.05) is 0 Å². The third-order valence-corrected chi connectivity index (χ3v) is 4.12. The van der Waals surface area contributed by atoms with Crippen molar-refractivity contribution >= 4 is 21.8 Å². The summed E-state index contributed by atoms with van der Waals surface area (Å²) in [6.07, 6.45) is -10.0. The molecule has 2 rings (SSSR count). The molecule has 11 heteroatoms. The SMILES string of the molecule is O=C(NCC(F)(F)c1ccc(Br)cc1C(F)(F)F)c1ccccc1C(F)(F)F. The molecule has 0 radical (unpaired) electrons. The molecule has 2 aromatic carbocycles. The van der Waals surface area contributed by atoms with Crippen LogP contribution in [0.5, 0.6) is 0 Å². The fraction of sp³-hybridized carbons (Fsp3) is 0.235. The zero-order valence-corrected chi connectivity index (χ0v) is 15.1. The van der Waals surface area contributed by atoms with E-state index in [0.29, 0.717) is 18.2 Å². The van der Waals surface area contributed by atoms with Crippen molar-refractivity contribution in [3.8, 4) is 0 Å². The third kappa shape index (κ3) is 5.00. The van der Waals surface area contributed by atoms with Gasteiger partial charge in [0.15, 0.2) is 0 Å². The lowest BCUT2D eigenvalue weighted by atomic mass is 10.0. The Bertz CT molecular complexity index is 876. The summed E-state index contributed by atoms with van der Waals surface area (Å²) in [6.45, 7) is -1.62. The summed E-state index contributed by atoms with van der Waals surface area (Å²) in [5.41, 5.74) is -5.31. The zero-order chi connectivity index (χ0) is 21.3. The average molecular weight is 476 g/mol. The Morgan fingerprint density at radius 3 is 1.96 bits per heavy atom. The first-order valence-corrected chi connectivity index (χ1v) is 8.22. The van der Waals surface area contributed by atoms with Crippen molar-refractivity contribution in [2.24, 2.45) is 0 Å². The van der Waals surface area contributed by atoms with Crippen LogP contribution in [0.2, 0.25) is 0 Å². The van der Waals surface area contributed by atoms with Gasteiger partial charge in [-0.1, -0.05) is 34.1 Å². The van der Waals surface area contributed by atoms with Gasteiger partial charge in [0.2, 0.25) is 0 Å². The first-order valence-electron chi connectivity index (χ1n) is 7.43. The van der Waals surface area contributed by atoms with Gasteiger partial charge in [-0.25, -0.2) is 0 Å². The van der Waals surface area contributed by atoms with Gasteiger partial charge < -0.3 is 5.32 Å². The number of carbonyl (C=O) groups excluding carboxylic acids is 1. The molecule has 1 amide bonds. The summed E-state index contributed by atoms with van der Waals surface area (Å²) in [4.78, 5) is 12.0. The van der Waals surface area contributed by atoms with E-state index in [0.717, 1.165) is 24.3 Å². The number of halogens is 9. The summed E-state index contributed by atoms with van der Waals surface area (Å²) in [5.74, 6) is -5.67. The molecule has 0 aliphatic rings. The molecule has 1 N–H and O–H groups in total. The Labute approximate surface area is 161 Å². The van der Waals surface area contributed by atoms with Gasteiger partial charge in [0.05, 0.1) is 23.2 Å². The number of benzene rings is 2. The van der Waals surface area contributed by atoms with Crippen LogP contribution in [0.25, 0.3) is 0 Å². The van der Waals surface area contributed by atoms with E-state index in [2.05, 4.69) is 15.9 Å². The van der Waals surface area contributed by atoms with Crippen molar-refractivity contribution in [2.75, 3.05) is 6.54 Å². The summed E-state index contributed by atoms with van der Waals surface area (Å²) < 4.78 is 106. The van der Waals surface area contributed by atoms with Crippen LogP contribution >= 0.6 is 15.9 Å². The average Bonchev–Trinajstić information content (AvgIpc) is 2.58. The lowest BCUT2D eigenvalue weighted by molar-refractivity contribution is -0.142. The van der Waals surface area contributed by atoms with E-state index in [-0.39, 0.29) is 4.47 Å². The molecule has 0 aromatic heterocycles. The van der Waals surface area contributed by atoms with E-state index < -0.39 is 53.0 Å². The van der Waals surface area contributed by atoms with Gasteiger partial charge in [-0.05, 0) is 24.3 Å². The molecule has 152 valence electrons. The Morgan fingerprint density at radius 1 is 0.821 bits per heavy atom. The summed E-state index contributed by atoms with van der Waals surface area (Å²) in [6, 6.07) is 5.40. The standard InChI is InChI=1S/C17H10BrF8NO/c18-9-5-6-12(13(7-9)17(24,25)26)15(19,20)8-27-14(28)10-3-1-2-4-11(10)16(21,22)23/h1-7H,8H2,(H,27,28). The monoisotopic (exact) mass is 475 g/mol. The van der Waals surface area contributed by atoms with Gasteiger partial charge >= 0.3 is 12.4 Å². The van der Waals surface area contributed by atoms with Crippen LogP contribution in [0.15, 0.2) is 46.9 Å². The van der Waals surface area contributed by atoms with Gasteiger partial charge in [-0.3, -0.25) is 4.79 Å². The number of hydrogen-bond donors (Lipinski definition) is 1. The van der Waals surface area contributed by atoms with E-state index in [1.54, 1.807) is 5.32 Å². The Hall–Kier alpha value is -2.17. The van der Waals surface area contributed by atoms with Gasteiger partial charge in [-0.2, -0.15) is 35.1 Å². The predicted octanol–water partition coefficient (Wildman–Crippen LogP) is 6.01. The molecule has 0 saturated heterocycles. The number of carbonyl (C=O) groups is 1. The second-order valence-corrected chi connectivity index (χ2v) is 6.53.